The molecule has 1 aromatic rings. The van der Waals surface area contributed by atoms with Gasteiger partial charge < -0.3 is 16.0 Å². The van der Waals surface area contributed by atoms with Gasteiger partial charge in [0.1, 0.15) is 6.54 Å². The standard InChI is InChI=1S/C14H19N3O2/c1-10(8-15)6-7-14(19)17-9-13(18)16-11-4-2-3-5-12(11)17/h2-5,10H,6-9,15H2,1H3,(H,16,18). The van der Waals surface area contributed by atoms with Crippen LogP contribution in [-0.4, -0.2) is 24.9 Å². The molecule has 5 heteroatoms. The van der Waals surface area contributed by atoms with Crippen molar-refractivity contribution < 1.29 is 9.59 Å². The zero-order valence-corrected chi connectivity index (χ0v) is 11.1. The summed E-state index contributed by atoms with van der Waals surface area (Å²) < 4.78 is 0. The fraction of sp³-hybridized carbons (Fsp3) is 0.429. The Hall–Kier alpha value is -1.88. The third-order valence-electron chi connectivity index (χ3n) is 3.33. The fourth-order valence-corrected chi connectivity index (χ4v) is 2.08. The summed E-state index contributed by atoms with van der Waals surface area (Å²) in [6.45, 7) is 2.68. The number of carbonyl (C=O) groups is 2. The largest absolute Gasteiger partial charge is 0.330 e. The molecule has 0 fully saturated rings. The summed E-state index contributed by atoms with van der Waals surface area (Å²) in [7, 11) is 0. The van der Waals surface area contributed by atoms with Gasteiger partial charge in [0.15, 0.2) is 0 Å². The molecule has 2 amide bonds. The number of hydrogen-bond donors (Lipinski definition) is 2. The van der Waals surface area contributed by atoms with Crippen LogP contribution in [0.4, 0.5) is 11.4 Å². The average molecular weight is 261 g/mol. The fourth-order valence-electron chi connectivity index (χ4n) is 2.08. The SMILES string of the molecule is CC(CN)CCC(=O)N1CC(=O)Nc2ccccc21. The smallest absolute Gasteiger partial charge is 0.244 e. The lowest BCUT2D eigenvalue weighted by Gasteiger charge is -2.29. The number of para-hydroxylation sites is 2. The van der Waals surface area contributed by atoms with Crippen LogP contribution in [0.3, 0.4) is 0 Å². The van der Waals surface area contributed by atoms with Gasteiger partial charge in [-0.1, -0.05) is 19.1 Å². The van der Waals surface area contributed by atoms with E-state index in [0.29, 0.717) is 24.6 Å². The average Bonchev–Trinajstić information content (AvgIpc) is 2.43. The van der Waals surface area contributed by atoms with Crippen molar-refractivity contribution in [3.63, 3.8) is 0 Å². The highest BCUT2D eigenvalue weighted by atomic mass is 16.2. The Morgan fingerprint density at radius 2 is 2.21 bits per heavy atom. The molecule has 1 aliphatic rings. The maximum absolute atomic E-state index is 12.2. The molecule has 0 aromatic heterocycles. The van der Waals surface area contributed by atoms with Crippen LogP contribution in [0.15, 0.2) is 24.3 Å². The van der Waals surface area contributed by atoms with Gasteiger partial charge in [0.2, 0.25) is 11.8 Å². The molecule has 1 unspecified atom stereocenters. The zero-order chi connectivity index (χ0) is 13.8. The van der Waals surface area contributed by atoms with Crippen molar-refractivity contribution in [3.05, 3.63) is 24.3 Å². The van der Waals surface area contributed by atoms with Gasteiger partial charge in [0.05, 0.1) is 11.4 Å². The van der Waals surface area contributed by atoms with Crippen molar-refractivity contribution in [2.45, 2.75) is 19.8 Å². The van der Waals surface area contributed by atoms with E-state index in [1.807, 2.05) is 25.1 Å². The van der Waals surface area contributed by atoms with Crippen molar-refractivity contribution in [3.8, 4) is 0 Å². The van der Waals surface area contributed by atoms with Gasteiger partial charge in [-0.15, -0.1) is 0 Å². The quantitative estimate of drug-likeness (QED) is 0.859. The Kier molecular flexibility index (Phi) is 4.16. The molecule has 102 valence electrons. The Balaban J connectivity index is 2.11. The second kappa shape index (κ2) is 5.84. The maximum Gasteiger partial charge on any atom is 0.244 e. The number of benzene rings is 1. The van der Waals surface area contributed by atoms with Crippen LogP contribution in [0, 0.1) is 5.92 Å². The van der Waals surface area contributed by atoms with E-state index in [9.17, 15) is 9.59 Å². The van der Waals surface area contributed by atoms with E-state index in [-0.39, 0.29) is 18.4 Å². The van der Waals surface area contributed by atoms with Gasteiger partial charge in [-0.05, 0) is 31.0 Å². The number of fused-ring (bicyclic) bond motifs is 1. The van der Waals surface area contributed by atoms with E-state index in [2.05, 4.69) is 5.32 Å². The van der Waals surface area contributed by atoms with Crippen molar-refractivity contribution in [2.24, 2.45) is 11.7 Å². The lowest BCUT2D eigenvalue weighted by molar-refractivity contribution is -0.122. The van der Waals surface area contributed by atoms with Gasteiger partial charge in [-0.25, -0.2) is 0 Å². The summed E-state index contributed by atoms with van der Waals surface area (Å²) in [5.74, 6) is 0.138. The molecule has 5 nitrogen and oxygen atoms in total. The van der Waals surface area contributed by atoms with Crippen molar-refractivity contribution >= 4 is 23.2 Å². The monoisotopic (exact) mass is 261 g/mol. The van der Waals surface area contributed by atoms with E-state index in [1.165, 1.54) is 0 Å². The molecule has 0 radical (unpaired) electrons. The Labute approximate surface area is 112 Å². The third-order valence-corrected chi connectivity index (χ3v) is 3.33. The van der Waals surface area contributed by atoms with Gasteiger partial charge in [-0.2, -0.15) is 0 Å². The zero-order valence-electron chi connectivity index (χ0n) is 11.1. The minimum atomic E-state index is -0.154. The molecule has 1 heterocycles. The number of anilines is 2. The van der Waals surface area contributed by atoms with Crippen molar-refractivity contribution in [1.82, 2.24) is 0 Å². The van der Waals surface area contributed by atoms with E-state index in [4.69, 9.17) is 5.73 Å². The molecule has 1 atom stereocenters. The van der Waals surface area contributed by atoms with Crippen LogP contribution < -0.4 is 16.0 Å². The molecule has 2 rings (SSSR count). The second-order valence-corrected chi connectivity index (χ2v) is 4.92. The minimum absolute atomic E-state index is 0.0254. The second-order valence-electron chi connectivity index (χ2n) is 4.92. The summed E-state index contributed by atoms with van der Waals surface area (Å²) in [6.07, 6.45) is 1.16. The van der Waals surface area contributed by atoms with Crippen LogP contribution in [0.2, 0.25) is 0 Å². The maximum atomic E-state index is 12.2. The number of nitrogens with one attached hydrogen (secondary N) is 1. The molecule has 0 spiro atoms. The van der Waals surface area contributed by atoms with E-state index < -0.39 is 0 Å². The third kappa shape index (κ3) is 3.12. The Morgan fingerprint density at radius 1 is 1.47 bits per heavy atom. The first-order chi connectivity index (χ1) is 9.11. The lowest BCUT2D eigenvalue weighted by atomic mass is 10.0. The van der Waals surface area contributed by atoms with Crippen molar-refractivity contribution in [2.75, 3.05) is 23.3 Å². The van der Waals surface area contributed by atoms with Crippen LogP contribution in [0.5, 0.6) is 0 Å². The van der Waals surface area contributed by atoms with E-state index in [0.717, 1.165) is 12.1 Å². The molecular weight excluding hydrogens is 242 g/mol. The first kappa shape index (κ1) is 13.5. The highest BCUT2D eigenvalue weighted by Crippen LogP contribution is 2.29. The highest BCUT2D eigenvalue weighted by Gasteiger charge is 2.26. The predicted molar refractivity (Wildman–Crippen MR) is 74.9 cm³/mol. The summed E-state index contributed by atoms with van der Waals surface area (Å²) >= 11 is 0. The van der Waals surface area contributed by atoms with E-state index >= 15 is 0 Å². The van der Waals surface area contributed by atoms with E-state index in [1.54, 1.807) is 11.0 Å². The van der Waals surface area contributed by atoms with Crippen LogP contribution >= 0.6 is 0 Å². The molecule has 19 heavy (non-hydrogen) atoms. The molecule has 1 aromatic carbocycles. The van der Waals surface area contributed by atoms with Gasteiger partial charge >= 0.3 is 0 Å². The summed E-state index contributed by atoms with van der Waals surface area (Å²) in [4.78, 5) is 25.4. The van der Waals surface area contributed by atoms with Gasteiger partial charge in [0, 0.05) is 6.42 Å². The molecule has 0 saturated carbocycles. The van der Waals surface area contributed by atoms with Gasteiger partial charge in [-0.3, -0.25) is 9.59 Å². The Bertz CT molecular complexity index is 487. The number of carbonyl (C=O) groups excluding carboxylic acids is 2. The number of nitrogens with zero attached hydrogens (tertiary/aromatic N) is 1. The molecule has 0 aliphatic carbocycles. The topological polar surface area (TPSA) is 75.4 Å². The summed E-state index contributed by atoms with van der Waals surface area (Å²) in [6, 6.07) is 7.34. The molecule has 3 N–H and O–H groups in total. The predicted octanol–water partition coefficient (Wildman–Crippen LogP) is 1.35. The number of amides is 2. The number of hydrogen-bond acceptors (Lipinski definition) is 3. The lowest BCUT2D eigenvalue weighted by Crippen LogP contribution is -2.42. The molecular formula is C14H19N3O2. The molecule has 1 aliphatic heterocycles. The first-order valence-electron chi connectivity index (χ1n) is 6.51. The van der Waals surface area contributed by atoms with Crippen LogP contribution in [0.1, 0.15) is 19.8 Å². The molecule has 0 saturated heterocycles. The van der Waals surface area contributed by atoms with Crippen molar-refractivity contribution in [1.29, 1.82) is 0 Å². The number of rotatable bonds is 4. The van der Waals surface area contributed by atoms with Gasteiger partial charge in [0.25, 0.3) is 0 Å². The number of nitrogens with two attached hydrogens (primary N) is 1. The summed E-state index contributed by atoms with van der Waals surface area (Å²) in [5, 5.41) is 2.77. The summed E-state index contributed by atoms with van der Waals surface area (Å²) in [5.41, 5.74) is 7.01. The van der Waals surface area contributed by atoms with Crippen LogP contribution in [-0.2, 0) is 9.59 Å². The first-order valence-corrected chi connectivity index (χ1v) is 6.51. The minimum Gasteiger partial charge on any atom is -0.330 e. The highest BCUT2D eigenvalue weighted by molar-refractivity contribution is 6.09. The van der Waals surface area contributed by atoms with Crippen LogP contribution in [0.25, 0.3) is 0 Å². The normalized spacial score (nSPS) is 15.7. The Morgan fingerprint density at radius 3 is 2.95 bits per heavy atom. The molecule has 0 bridgehead atoms.